The van der Waals surface area contributed by atoms with Crippen LogP contribution in [-0.2, 0) is 9.53 Å². The minimum atomic E-state index is -0.593. The van der Waals surface area contributed by atoms with E-state index in [2.05, 4.69) is 15.5 Å². The van der Waals surface area contributed by atoms with E-state index in [1.165, 1.54) is 4.90 Å². The first-order chi connectivity index (χ1) is 16.9. The second kappa shape index (κ2) is 11.3. The summed E-state index contributed by atoms with van der Waals surface area (Å²) in [5, 5.41) is 6.04. The summed E-state index contributed by atoms with van der Waals surface area (Å²) < 4.78 is 5.46. The van der Waals surface area contributed by atoms with E-state index in [9.17, 15) is 14.4 Å². The van der Waals surface area contributed by atoms with E-state index < -0.39 is 12.0 Å². The zero-order chi connectivity index (χ0) is 26.6. The molecule has 0 radical (unpaired) electrons. The molecule has 1 saturated heterocycles. The molecule has 2 heterocycles. The lowest BCUT2D eigenvalue weighted by atomic mass is 9.90. The van der Waals surface area contributed by atoms with Crippen molar-refractivity contribution in [1.82, 2.24) is 25.3 Å². The lowest BCUT2D eigenvalue weighted by Crippen LogP contribution is -2.50. The minimum absolute atomic E-state index is 0.0696. The van der Waals surface area contributed by atoms with Gasteiger partial charge in [-0.3, -0.25) is 9.80 Å². The average Bonchev–Trinajstić information content (AvgIpc) is 3.01. The van der Waals surface area contributed by atoms with Gasteiger partial charge in [0.15, 0.2) is 0 Å². The summed E-state index contributed by atoms with van der Waals surface area (Å²) in [6, 6.07) is 5.08. The Kier molecular flexibility index (Phi) is 8.66. The molecule has 36 heavy (non-hydrogen) atoms. The number of ether oxygens (including phenoxy) is 1. The highest BCUT2D eigenvalue weighted by atomic mass is 16.5. The number of urea groups is 2. The number of rotatable bonds is 5. The van der Waals surface area contributed by atoms with Gasteiger partial charge in [-0.15, -0.1) is 0 Å². The Morgan fingerprint density at radius 2 is 1.86 bits per heavy atom. The van der Waals surface area contributed by atoms with Gasteiger partial charge in [-0.1, -0.05) is 23.8 Å². The molecule has 1 unspecified atom stereocenters. The highest BCUT2D eigenvalue weighted by Crippen LogP contribution is 2.33. The Morgan fingerprint density at radius 3 is 2.50 bits per heavy atom. The number of esters is 1. The summed E-state index contributed by atoms with van der Waals surface area (Å²) in [4.78, 5) is 44.5. The van der Waals surface area contributed by atoms with E-state index >= 15 is 0 Å². The molecule has 0 aromatic heterocycles. The highest BCUT2D eigenvalue weighted by Gasteiger charge is 2.38. The Morgan fingerprint density at radius 1 is 1.14 bits per heavy atom. The predicted molar refractivity (Wildman–Crippen MR) is 140 cm³/mol. The number of likely N-dealkylation sites (N-methyl/N-ethyl adjacent to an activating group) is 1. The molecule has 0 aliphatic carbocycles. The number of aryl methyl sites for hydroxylation is 2. The summed E-state index contributed by atoms with van der Waals surface area (Å²) in [6.07, 6.45) is 0.802. The van der Waals surface area contributed by atoms with Crippen LogP contribution >= 0.6 is 0 Å². The Labute approximate surface area is 214 Å². The van der Waals surface area contributed by atoms with Crippen LogP contribution in [0.2, 0.25) is 0 Å². The molecule has 2 aliphatic rings. The van der Waals surface area contributed by atoms with Gasteiger partial charge in [0.25, 0.3) is 0 Å². The topological polar surface area (TPSA) is 94.2 Å². The third-order valence-corrected chi connectivity index (χ3v) is 6.54. The first kappa shape index (κ1) is 27.5. The summed E-state index contributed by atoms with van der Waals surface area (Å²) in [5.41, 5.74) is 3.78. The monoisotopic (exact) mass is 499 g/mol. The molecule has 3 rings (SSSR count). The Balaban J connectivity index is 1.91. The maximum atomic E-state index is 13.3. The van der Waals surface area contributed by atoms with Gasteiger partial charge in [0.2, 0.25) is 0 Å². The number of nitrogens with one attached hydrogen (secondary N) is 2. The molecule has 9 heteroatoms. The highest BCUT2D eigenvalue weighted by molar-refractivity contribution is 5.95. The van der Waals surface area contributed by atoms with Gasteiger partial charge in [-0.25, -0.2) is 14.4 Å². The molecule has 1 aromatic carbocycles. The predicted octanol–water partition coefficient (Wildman–Crippen LogP) is 3.33. The van der Waals surface area contributed by atoms with Crippen molar-refractivity contribution in [2.75, 3.05) is 46.4 Å². The van der Waals surface area contributed by atoms with Crippen LogP contribution in [-0.4, -0.2) is 84.6 Å². The van der Waals surface area contributed by atoms with E-state index in [0.717, 1.165) is 29.7 Å². The van der Waals surface area contributed by atoms with Crippen molar-refractivity contribution in [3.63, 3.8) is 0 Å². The number of hydrogen-bond donors (Lipinski definition) is 2. The molecule has 0 saturated carbocycles. The van der Waals surface area contributed by atoms with E-state index in [0.29, 0.717) is 37.4 Å². The number of benzene rings is 1. The van der Waals surface area contributed by atoms with Gasteiger partial charge in [-0.05, 0) is 59.1 Å². The van der Waals surface area contributed by atoms with Crippen molar-refractivity contribution in [1.29, 1.82) is 0 Å². The third kappa shape index (κ3) is 6.57. The molecule has 9 nitrogen and oxygen atoms in total. The van der Waals surface area contributed by atoms with E-state index in [1.807, 2.05) is 57.7 Å². The van der Waals surface area contributed by atoms with Crippen LogP contribution in [0.15, 0.2) is 29.5 Å². The summed E-state index contributed by atoms with van der Waals surface area (Å²) in [7, 11) is 1.68. The molecule has 0 bridgehead atoms. The standard InChI is InChI=1S/C27H41N5O4/c1-8-36-24(33)22-21(17-31-12-9-13-32(15-14-31)26(35)29-27(4,5)6)30(7)25(34)28-23(22)20-11-10-18(2)16-19(20)3/h10-11,16,23H,8-9,12-15,17H2,1-7H3,(H,28,34)(H,29,35). The first-order valence-electron chi connectivity index (χ1n) is 12.7. The number of hydrogen-bond acceptors (Lipinski definition) is 5. The van der Waals surface area contributed by atoms with Crippen LogP contribution in [0.3, 0.4) is 0 Å². The molecule has 1 atom stereocenters. The van der Waals surface area contributed by atoms with E-state index in [1.54, 1.807) is 14.0 Å². The fourth-order valence-electron chi connectivity index (χ4n) is 4.72. The van der Waals surface area contributed by atoms with Crippen LogP contribution in [0.1, 0.15) is 56.8 Å². The fourth-order valence-corrected chi connectivity index (χ4v) is 4.72. The first-order valence-corrected chi connectivity index (χ1v) is 12.7. The lowest BCUT2D eigenvalue weighted by Gasteiger charge is -2.37. The van der Waals surface area contributed by atoms with Crippen molar-refractivity contribution >= 4 is 18.0 Å². The molecule has 198 valence electrons. The summed E-state index contributed by atoms with van der Waals surface area (Å²) in [6.45, 7) is 15.0. The van der Waals surface area contributed by atoms with Crippen LogP contribution in [0.5, 0.6) is 0 Å². The van der Waals surface area contributed by atoms with Crippen molar-refractivity contribution in [3.05, 3.63) is 46.2 Å². The molecular formula is C27H41N5O4. The number of carbonyl (C=O) groups excluding carboxylic acids is 3. The molecule has 2 aliphatic heterocycles. The van der Waals surface area contributed by atoms with E-state index in [4.69, 9.17) is 4.74 Å². The largest absolute Gasteiger partial charge is 0.463 e. The van der Waals surface area contributed by atoms with Gasteiger partial charge in [-0.2, -0.15) is 0 Å². The third-order valence-electron chi connectivity index (χ3n) is 6.54. The van der Waals surface area contributed by atoms with Crippen molar-refractivity contribution in [2.24, 2.45) is 0 Å². The summed E-state index contributed by atoms with van der Waals surface area (Å²) >= 11 is 0. The molecule has 2 N–H and O–H groups in total. The second-order valence-corrected chi connectivity index (χ2v) is 10.7. The molecular weight excluding hydrogens is 458 g/mol. The molecule has 4 amide bonds. The van der Waals surface area contributed by atoms with Crippen LogP contribution in [0.25, 0.3) is 0 Å². The van der Waals surface area contributed by atoms with Crippen molar-refractivity contribution in [2.45, 2.75) is 59.5 Å². The average molecular weight is 500 g/mol. The maximum Gasteiger partial charge on any atom is 0.338 e. The van der Waals surface area contributed by atoms with Crippen molar-refractivity contribution < 1.29 is 19.1 Å². The lowest BCUT2D eigenvalue weighted by molar-refractivity contribution is -0.139. The second-order valence-electron chi connectivity index (χ2n) is 10.7. The zero-order valence-electron chi connectivity index (χ0n) is 22.7. The quantitative estimate of drug-likeness (QED) is 0.606. The van der Waals surface area contributed by atoms with Crippen LogP contribution in [0, 0.1) is 13.8 Å². The van der Waals surface area contributed by atoms with E-state index in [-0.39, 0.29) is 24.2 Å². The van der Waals surface area contributed by atoms with Gasteiger partial charge in [0.1, 0.15) is 0 Å². The van der Waals surface area contributed by atoms with Gasteiger partial charge in [0, 0.05) is 51.0 Å². The van der Waals surface area contributed by atoms with Crippen LogP contribution < -0.4 is 10.6 Å². The van der Waals surface area contributed by atoms with Gasteiger partial charge in [0.05, 0.1) is 18.2 Å². The zero-order valence-corrected chi connectivity index (χ0v) is 22.7. The molecule has 1 fully saturated rings. The smallest absolute Gasteiger partial charge is 0.338 e. The normalized spacial score (nSPS) is 19.6. The summed E-state index contributed by atoms with van der Waals surface area (Å²) in [5.74, 6) is -0.426. The van der Waals surface area contributed by atoms with Gasteiger partial charge < -0.3 is 20.3 Å². The maximum absolute atomic E-state index is 13.3. The minimum Gasteiger partial charge on any atom is -0.463 e. The van der Waals surface area contributed by atoms with Crippen LogP contribution in [0.4, 0.5) is 9.59 Å². The number of amides is 4. The fraction of sp³-hybridized carbons (Fsp3) is 0.593. The SMILES string of the molecule is CCOC(=O)C1=C(CN2CCCN(C(=O)NC(C)(C)C)CC2)N(C)C(=O)NC1c1ccc(C)cc1C. The Bertz CT molecular complexity index is 1030. The van der Waals surface area contributed by atoms with Crippen molar-refractivity contribution in [3.8, 4) is 0 Å². The molecule has 1 aromatic rings. The molecule has 0 spiro atoms. The number of carbonyl (C=O) groups is 3. The Hall–Kier alpha value is -3.07. The number of nitrogens with zero attached hydrogens (tertiary/aromatic N) is 3. The van der Waals surface area contributed by atoms with Gasteiger partial charge >= 0.3 is 18.0 Å².